The van der Waals surface area contributed by atoms with Crippen molar-refractivity contribution in [3.63, 3.8) is 0 Å². The Morgan fingerprint density at radius 3 is 2.62 bits per heavy atom. The van der Waals surface area contributed by atoms with Crippen molar-refractivity contribution in [2.45, 2.75) is 63.3 Å². The largest absolute Gasteiger partial charge is 0.444 e. The molecule has 1 saturated carbocycles. The van der Waals surface area contributed by atoms with E-state index < -0.39 is 35.7 Å². The van der Waals surface area contributed by atoms with E-state index in [1.807, 2.05) is 0 Å². The number of amides is 1. The molecule has 8 nitrogen and oxygen atoms in total. The monoisotopic (exact) mass is 556 g/mol. The second-order valence-corrected chi connectivity index (χ2v) is 11.1. The van der Waals surface area contributed by atoms with E-state index >= 15 is 4.39 Å². The molecule has 0 radical (unpaired) electrons. The van der Waals surface area contributed by atoms with E-state index in [0.717, 1.165) is 4.68 Å². The number of fused-ring (bicyclic) bond motifs is 1. The maximum atomic E-state index is 15.3. The third-order valence-electron chi connectivity index (χ3n) is 6.36. The van der Waals surface area contributed by atoms with Crippen molar-refractivity contribution in [1.29, 1.82) is 0 Å². The minimum Gasteiger partial charge on any atom is -0.444 e. The Labute approximate surface area is 221 Å². The number of hydrogen-bond acceptors (Lipinski definition) is 6. The lowest BCUT2D eigenvalue weighted by molar-refractivity contribution is 0.0111. The van der Waals surface area contributed by atoms with Crippen LogP contribution in [0.25, 0.3) is 10.9 Å². The third-order valence-corrected chi connectivity index (χ3v) is 7.06. The van der Waals surface area contributed by atoms with Crippen molar-refractivity contribution in [3.05, 3.63) is 40.3 Å². The van der Waals surface area contributed by atoms with Gasteiger partial charge in [0, 0.05) is 35.5 Å². The van der Waals surface area contributed by atoms with Gasteiger partial charge in [-0.15, -0.1) is 0 Å². The van der Waals surface area contributed by atoms with Crippen LogP contribution >= 0.6 is 23.2 Å². The maximum absolute atomic E-state index is 15.3. The van der Waals surface area contributed by atoms with Gasteiger partial charge in [0.25, 0.3) is 5.92 Å². The fraction of sp³-hybridized carbons (Fsp3) is 0.500. The van der Waals surface area contributed by atoms with Crippen molar-refractivity contribution in [2.75, 3.05) is 18.4 Å². The van der Waals surface area contributed by atoms with Crippen molar-refractivity contribution in [2.24, 2.45) is 0 Å². The zero-order valence-electron chi connectivity index (χ0n) is 20.3. The number of likely N-dealkylation sites (tertiary alicyclic amines) is 1. The predicted octanol–water partition coefficient (Wildman–Crippen LogP) is 6.52. The predicted molar refractivity (Wildman–Crippen MR) is 134 cm³/mol. The van der Waals surface area contributed by atoms with Crippen LogP contribution in [0.1, 0.15) is 51.1 Å². The first-order chi connectivity index (χ1) is 17.3. The number of hydrogen-bond donors (Lipinski definition) is 1. The summed E-state index contributed by atoms with van der Waals surface area (Å²) in [4.78, 5) is 22.5. The van der Waals surface area contributed by atoms with Crippen LogP contribution in [0.3, 0.4) is 0 Å². The van der Waals surface area contributed by atoms with E-state index in [2.05, 4.69) is 20.4 Å². The van der Waals surface area contributed by atoms with Gasteiger partial charge in [0.2, 0.25) is 5.95 Å². The van der Waals surface area contributed by atoms with Crippen LogP contribution in [-0.4, -0.2) is 61.5 Å². The van der Waals surface area contributed by atoms with E-state index in [4.69, 9.17) is 27.9 Å². The van der Waals surface area contributed by atoms with Crippen LogP contribution in [0.15, 0.2) is 24.5 Å². The summed E-state index contributed by atoms with van der Waals surface area (Å²) in [6.45, 7) is 5.50. The van der Waals surface area contributed by atoms with E-state index in [1.54, 1.807) is 39.1 Å². The normalized spacial score (nSPS) is 23.2. The van der Waals surface area contributed by atoms with E-state index in [9.17, 15) is 13.6 Å². The Hall–Kier alpha value is -2.79. The van der Waals surface area contributed by atoms with Gasteiger partial charge in [0.05, 0.1) is 23.9 Å². The molecule has 3 heterocycles. The second-order valence-electron chi connectivity index (χ2n) is 10.4. The molecular weight excluding hydrogens is 532 g/mol. The van der Waals surface area contributed by atoms with Crippen LogP contribution in [0.2, 0.25) is 10.2 Å². The minimum atomic E-state index is -2.82. The lowest BCUT2D eigenvalue weighted by Crippen LogP contribution is -2.46. The number of ether oxygens (including phenoxy) is 1. The quantitative estimate of drug-likeness (QED) is 0.393. The highest BCUT2D eigenvalue weighted by molar-refractivity contribution is 6.32. The van der Waals surface area contributed by atoms with Crippen molar-refractivity contribution in [1.82, 2.24) is 24.6 Å². The summed E-state index contributed by atoms with van der Waals surface area (Å²) in [7, 11) is 0. The molecule has 1 aliphatic heterocycles. The molecule has 2 aromatic heterocycles. The molecule has 198 valence electrons. The number of halogens is 5. The van der Waals surface area contributed by atoms with Gasteiger partial charge >= 0.3 is 6.09 Å². The third kappa shape index (κ3) is 5.29. The van der Waals surface area contributed by atoms with Gasteiger partial charge in [-0.2, -0.15) is 5.10 Å². The fourth-order valence-corrected chi connectivity index (χ4v) is 4.96. The summed E-state index contributed by atoms with van der Waals surface area (Å²) in [6, 6.07) is 2.32. The van der Waals surface area contributed by atoms with Gasteiger partial charge in [-0.3, -0.25) is 0 Å². The van der Waals surface area contributed by atoms with Crippen LogP contribution in [-0.2, 0) is 4.74 Å². The summed E-state index contributed by atoms with van der Waals surface area (Å²) in [5.74, 6) is -3.18. The summed E-state index contributed by atoms with van der Waals surface area (Å²) < 4.78 is 48.6. The Kier molecular flexibility index (Phi) is 6.42. The molecule has 13 heteroatoms. The smallest absolute Gasteiger partial charge is 0.410 e. The summed E-state index contributed by atoms with van der Waals surface area (Å²) in [5.41, 5.74) is 0.711. The molecule has 1 saturated heterocycles. The van der Waals surface area contributed by atoms with Crippen molar-refractivity contribution in [3.8, 4) is 0 Å². The van der Waals surface area contributed by atoms with Gasteiger partial charge in [-0.25, -0.2) is 32.6 Å². The standard InChI is InChI=1S/C24H25Cl2F3N6O2/c1-23(2,3)37-22(36)34-5-4-13(16(27)11-34)14-7-17-12(6-15(14)25)9-30-21(32-17)33-18-10-31-35(20(18)26)19-8-24(19,28)29/h6-7,9-10,13,16,19H,4-5,8,11H2,1-3H3,(H,30,32,33)/t13-,16+,19+/m0/s1. The number of anilines is 2. The molecule has 2 aliphatic rings. The van der Waals surface area contributed by atoms with Crippen molar-refractivity contribution >= 4 is 51.8 Å². The maximum Gasteiger partial charge on any atom is 0.410 e. The van der Waals surface area contributed by atoms with Gasteiger partial charge < -0.3 is 15.0 Å². The highest BCUT2D eigenvalue weighted by Crippen LogP contribution is 2.53. The van der Waals surface area contributed by atoms with Crippen LogP contribution in [0.5, 0.6) is 0 Å². The van der Waals surface area contributed by atoms with E-state index in [0.29, 0.717) is 34.5 Å². The first-order valence-corrected chi connectivity index (χ1v) is 12.5. The summed E-state index contributed by atoms with van der Waals surface area (Å²) >= 11 is 12.7. The number of piperidine rings is 1. The molecule has 1 aliphatic carbocycles. The number of benzene rings is 1. The van der Waals surface area contributed by atoms with E-state index in [-0.39, 0.29) is 29.8 Å². The first-order valence-electron chi connectivity index (χ1n) is 11.8. The SMILES string of the molecule is CC(C)(C)OC(=O)N1CC[C@@H](c2cc3nc(Nc4cnn([C@@H]5CC5(F)F)c4Cl)ncc3cc2Cl)[C@H](F)C1. The molecule has 0 unspecified atom stereocenters. The lowest BCUT2D eigenvalue weighted by atomic mass is 9.87. The molecule has 1 aromatic carbocycles. The molecule has 0 bridgehead atoms. The molecule has 1 N–H and O–H groups in total. The topological polar surface area (TPSA) is 85.2 Å². The highest BCUT2D eigenvalue weighted by Gasteiger charge is 2.59. The Bertz CT molecular complexity index is 1360. The second kappa shape index (κ2) is 9.20. The van der Waals surface area contributed by atoms with Crippen molar-refractivity contribution < 1.29 is 22.7 Å². The molecule has 1 amide bonds. The molecule has 5 rings (SSSR count). The molecule has 37 heavy (non-hydrogen) atoms. The van der Waals surface area contributed by atoms with Gasteiger partial charge in [-0.1, -0.05) is 23.2 Å². The average Bonchev–Trinajstić information content (AvgIpc) is 3.29. The van der Waals surface area contributed by atoms with Gasteiger partial charge in [0.1, 0.15) is 17.8 Å². The first kappa shape index (κ1) is 25.8. The summed E-state index contributed by atoms with van der Waals surface area (Å²) in [6.07, 6.45) is 1.04. The highest BCUT2D eigenvalue weighted by atomic mass is 35.5. The van der Waals surface area contributed by atoms with Crippen LogP contribution in [0.4, 0.5) is 29.6 Å². The number of rotatable bonds is 4. The lowest BCUT2D eigenvalue weighted by Gasteiger charge is -2.36. The molecular formula is C24H25Cl2F3N6O2. The number of carbonyl (C=O) groups is 1. The van der Waals surface area contributed by atoms with Gasteiger partial charge in [0.15, 0.2) is 5.15 Å². The average molecular weight is 557 g/mol. The Morgan fingerprint density at radius 1 is 1.24 bits per heavy atom. The number of carbonyl (C=O) groups excluding carboxylic acids is 1. The fourth-order valence-electron chi connectivity index (χ4n) is 4.39. The minimum absolute atomic E-state index is 0.0275. The zero-order chi connectivity index (χ0) is 26.7. The van der Waals surface area contributed by atoms with Gasteiger partial charge in [-0.05, 0) is 44.9 Å². The Morgan fingerprint density at radius 2 is 1.97 bits per heavy atom. The zero-order valence-corrected chi connectivity index (χ0v) is 21.8. The molecule has 0 spiro atoms. The number of nitrogens with one attached hydrogen (secondary N) is 1. The summed E-state index contributed by atoms with van der Waals surface area (Å²) in [5, 5.41) is 7.91. The van der Waals surface area contributed by atoms with Crippen LogP contribution in [0, 0.1) is 0 Å². The van der Waals surface area contributed by atoms with E-state index in [1.165, 1.54) is 11.1 Å². The molecule has 3 atom stereocenters. The number of alkyl halides is 3. The number of nitrogens with zero attached hydrogens (tertiary/aromatic N) is 5. The van der Waals surface area contributed by atoms with Crippen LogP contribution < -0.4 is 5.32 Å². The number of aromatic nitrogens is 4. The molecule has 2 fully saturated rings. The molecule has 3 aromatic rings. The Balaban J connectivity index is 1.34.